The lowest BCUT2D eigenvalue weighted by molar-refractivity contribution is -0.127. The number of ether oxygens (including phenoxy) is 1. The van der Waals surface area contributed by atoms with Crippen molar-refractivity contribution in [3.05, 3.63) is 71.4 Å². The van der Waals surface area contributed by atoms with Crippen molar-refractivity contribution in [3.8, 4) is 17.0 Å². The van der Waals surface area contributed by atoms with E-state index >= 15 is 0 Å². The monoisotopic (exact) mass is 501 g/mol. The van der Waals surface area contributed by atoms with Crippen molar-refractivity contribution in [2.24, 2.45) is 0 Å². The summed E-state index contributed by atoms with van der Waals surface area (Å²) in [5, 5.41) is 2.32. The number of carbonyl (C=O) groups is 3. The highest BCUT2D eigenvalue weighted by atomic mass is 19.1. The summed E-state index contributed by atoms with van der Waals surface area (Å²) < 4.78 is 25.9. The molecule has 186 valence electrons. The molecule has 0 unspecified atom stereocenters. The second-order valence-electron chi connectivity index (χ2n) is 9.08. The van der Waals surface area contributed by atoms with Gasteiger partial charge in [0.05, 0.1) is 24.8 Å². The molecule has 4 aromatic rings. The van der Waals surface area contributed by atoms with E-state index in [1.54, 1.807) is 42.6 Å². The van der Waals surface area contributed by atoms with Crippen molar-refractivity contribution < 1.29 is 27.9 Å². The highest BCUT2D eigenvalue weighted by Crippen LogP contribution is 2.40. The first kappa shape index (κ1) is 22.7. The topological polar surface area (TPSA) is 141 Å². The molecule has 1 saturated heterocycles. The van der Waals surface area contributed by atoms with Crippen LogP contribution in [0.1, 0.15) is 28.1 Å². The number of hydrogen-bond donors (Lipinski definition) is 2. The minimum absolute atomic E-state index is 0.0482. The number of nitrogens with zero attached hydrogens (tertiary/aromatic N) is 3. The first-order valence-electron chi connectivity index (χ1n) is 11.4. The molecule has 37 heavy (non-hydrogen) atoms. The number of imide groups is 1. The van der Waals surface area contributed by atoms with Gasteiger partial charge < -0.3 is 19.8 Å². The number of carbonyl (C=O) groups excluding carboxylic acids is 3. The first-order chi connectivity index (χ1) is 17.8. The number of methoxy groups -OCH3 is 1. The van der Waals surface area contributed by atoms with E-state index in [9.17, 15) is 18.8 Å². The second kappa shape index (κ2) is 8.12. The quantitative estimate of drug-likeness (QED) is 0.398. The van der Waals surface area contributed by atoms with Crippen molar-refractivity contribution in [2.45, 2.75) is 18.4 Å². The van der Waals surface area contributed by atoms with Crippen LogP contribution in [0.15, 0.2) is 53.1 Å². The molecular formula is C26H20FN5O5. The zero-order valence-corrected chi connectivity index (χ0v) is 19.6. The smallest absolute Gasteiger partial charge is 0.257 e. The lowest BCUT2D eigenvalue weighted by Crippen LogP contribution is -2.46. The predicted octanol–water partition coefficient (Wildman–Crippen LogP) is 2.56. The summed E-state index contributed by atoms with van der Waals surface area (Å²) in [5.41, 5.74) is 6.75. The maximum absolute atomic E-state index is 14.9. The number of rotatable bonds is 5. The van der Waals surface area contributed by atoms with E-state index < -0.39 is 29.0 Å². The molecule has 5 heterocycles. The lowest BCUT2D eigenvalue weighted by Gasteiger charge is -2.28. The number of hydrogen-bond acceptors (Lipinski definition) is 8. The molecule has 6 rings (SSSR count). The van der Waals surface area contributed by atoms with Gasteiger partial charge >= 0.3 is 0 Å². The molecule has 0 spiro atoms. The Morgan fingerprint density at radius 3 is 2.73 bits per heavy atom. The van der Waals surface area contributed by atoms with E-state index in [2.05, 4.69) is 15.3 Å². The Labute approximate surface area is 209 Å². The Bertz CT molecular complexity index is 1620. The number of nitrogens with two attached hydrogens (primary N) is 1. The van der Waals surface area contributed by atoms with Crippen molar-refractivity contribution in [3.63, 3.8) is 0 Å². The predicted molar refractivity (Wildman–Crippen MR) is 129 cm³/mol. The fraction of sp³-hybridized carbons (Fsp3) is 0.192. The molecule has 10 nitrogen and oxygen atoms in total. The van der Waals surface area contributed by atoms with Crippen LogP contribution in [0.4, 0.5) is 10.2 Å². The summed E-state index contributed by atoms with van der Waals surface area (Å²) in [6.45, 7) is -0.112. The van der Waals surface area contributed by atoms with Gasteiger partial charge in [0.1, 0.15) is 22.5 Å². The molecule has 2 aliphatic rings. The number of amides is 3. The lowest BCUT2D eigenvalue weighted by atomic mass is 9.82. The average Bonchev–Trinajstić information content (AvgIpc) is 3.53. The van der Waals surface area contributed by atoms with Crippen LogP contribution in [0.5, 0.6) is 5.75 Å². The van der Waals surface area contributed by atoms with Crippen molar-refractivity contribution in [1.82, 2.24) is 20.2 Å². The number of furan rings is 1. The molecule has 3 aromatic heterocycles. The van der Waals surface area contributed by atoms with E-state index in [0.717, 1.165) is 5.56 Å². The van der Waals surface area contributed by atoms with E-state index in [1.807, 2.05) is 0 Å². The van der Waals surface area contributed by atoms with Crippen LogP contribution in [0, 0.1) is 5.82 Å². The van der Waals surface area contributed by atoms with Gasteiger partial charge in [-0.15, -0.1) is 0 Å². The molecule has 3 N–H and O–H groups in total. The molecule has 1 aromatic carbocycles. The highest BCUT2D eigenvalue weighted by molar-refractivity contribution is 6.10. The summed E-state index contributed by atoms with van der Waals surface area (Å²) in [6, 6.07) is 11.6. The average molecular weight is 501 g/mol. The minimum atomic E-state index is -1.50. The Kier molecular flexibility index (Phi) is 4.97. The summed E-state index contributed by atoms with van der Waals surface area (Å²) in [7, 11) is 1.32. The number of nitrogens with one attached hydrogen (secondary N) is 1. The minimum Gasteiger partial charge on any atom is -0.494 e. The number of halogens is 1. The molecule has 3 amide bonds. The fourth-order valence-corrected chi connectivity index (χ4v) is 4.93. The number of aromatic nitrogens is 2. The van der Waals surface area contributed by atoms with Crippen molar-refractivity contribution in [1.29, 1.82) is 0 Å². The van der Waals surface area contributed by atoms with E-state index in [1.165, 1.54) is 18.1 Å². The summed E-state index contributed by atoms with van der Waals surface area (Å²) >= 11 is 0. The number of benzene rings is 1. The van der Waals surface area contributed by atoms with Gasteiger partial charge in [0.2, 0.25) is 11.8 Å². The third-order valence-corrected chi connectivity index (χ3v) is 6.81. The molecule has 0 radical (unpaired) electrons. The van der Waals surface area contributed by atoms with Gasteiger partial charge in [0, 0.05) is 30.9 Å². The Balaban J connectivity index is 1.39. The van der Waals surface area contributed by atoms with Gasteiger partial charge in [0.25, 0.3) is 5.91 Å². The van der Waals surface area contributed by atoms with Crippen LogP contribution in [0.3, 0.4) is 0 Å². The number of anilines is 1. The van der Waals surface area contributed by atoms with Gasteiger partial charge in [-0.3, -0.25) is 19.7 Å². The fourth-order valence-electron chi connectivity index (χ4n) is 4.93. The molecule has 1 fully saturated rings. The highest BCUT2D eigenvalue weighted by Gasteiger charge is 2.53. The van der Waals surface area contributed by atoms with Crippen molar-refractivity contribution in [2.75, 3.05) is 19.4 Å². The largest absolute Gasteiger partial charge is 0.494 e. The Hall–Kier alpha value is -4.80. The van der Waals surface area contributed by atoms with Crippen LogP contribution < -0.4 is 15.8 Å². The number of pyridine rings is 2. The Morgan fingerprint density at radius 2 is 2.03 bits per heavy atom. The van der Waals surface area contributed by atoms with Crippen LogP contribution in [0.2, 0.25) is 0 Å². The number of nitrogen functional groups attached to an aromatic ring is 1. The zero-order chi connectivity index (χ0) is 25.9. The van der Waals surface area contributed by atoms with Gasteiger partial charge in [-0.1, -0.05) is 6.07 Å². The normalized spacial score (nSPS) is 19.0. The standard InChI is InChI=1S/C26H20FN5O5/c1-36-18-5-2-14-11-32(24(34)22(14)23(18)27)12-26(9-21(33)31-25(26)35)19-8-16-17(37-19)6-4-15(30-16)13-3-7-20(28)29-10-13/h2-8,10H,9,11-12H2,1H3,(H2,28,29)(H,31,33,35)/t26-/m1/s1. The summed E-state index contributed by atoms with van der Waals surface area (Å²) in [4.78, 5) is 48.8. The zero-order valence-electron chi connectivity index (χ0n) is 19.6. The van der Waals surface area contributed by atoms with Gasteiger partial charge in [0.15, 0.2) is 17.1 Å². The van der Waals surface area contributed by atoms with Crippen LogP contribution >= 0.6 is 0 Å². The summed E-state index contributed by atoms with van der Waals surface area (Å²) in [6.07, 6.45) is 1.37. The van der Waals surface area contributed by atoms with Crippen LogP contribution in [-0.2, 0) is 21.5 Å². The molecule has 1 atom stereocenters. The molecule has 0 saturated carbocycles. The summed E-state index contributed by atoms with van der Waals surface area (Å²) in [5.74, 6) is -1.92. The van der Waals surface area contributed by atoms with Crippen LogP contribution in [-0.4, -0.2) is 46.2 Å². The van der Waals surface area contributed by atoms with E-state index in [4.69, 9.17) is 14.9 Å². The molecular weight excluding hydrogens is 481 g/mol. The van der Waals surface area contributed by atoms with Gasteiger partial charge in [-0.2, -0.15) is 0 Å². The van der Waals surface area contributed by atoms with Gasteiger partial charge in [-0.05, 0) is 35.9 Å². The maximum atomic E-state index is 14.9. The van der Waals surface area contributed by atoms with Gasteiger partial charge in [-0.25, -0.2) is 14.4 Å². The van der Waals surface area contributed by atoms with Crippen molar-refractivity contribution >= 4 is 34.6 Å². The third-order valence-electron chi connectivity index (χ3n) is 6.81. The number of fused-ring (bicyclic) bond motifs is 2. The third kappa shape index (κ3) is 3.50. The van der Waals surface area contributed by atoms with E-state index in [-0.39, 0.29) is 36.6 Å². The van der Waals surface area contributed by atoms with Crippen LogP contribution in [0.25, 0.3) is 22.4 Å². The molecule has 0 bridgehead atoms. The molecule has 2 aliphatic heterocycles. The SMILES string of the molecule is COc1ccc2c(c1F)C(=O)N(C[C@@]1(c3cc4nc(-c5ccc(N)nc5)ccc4o3)CC(=O)NC1=O)C2. The molecule has 0 aliphatic carbocycles. The second-order valence-corrected chi connectivity index (χ2v) is 9.08. The first-order valence-corrected chi connectivity index (χ1v) is 11.4. The Morgan fingerprint density at radius 1 is 1.19 bits per heavy atom. The maximum Gasteiger partial charge on any atom is 0.257 e. The molecule has 11 heteroatoms. The van der Waals surface area contributed by atoms with E-state index in [0.29, 0.717) is 28.2 Å².